The lowest BCUT2D eigenvalue weighted by Crippen LogP contribution is -2.50. The predicted octanol–water partition coefficient (Wildman–Crippen LogP) is 2.39. The molecule has 3 aromatic rings. The average Bonchev–Trinajstić information content (AvgIpc) is 3.33. The zero-order valence-electron chi connectivity index (χ0n) is 16.7. The number of likely N-dealkylation sites (tertiary alicyclic amines) is 1. The molecule has 1 saturated heterocycles. The molecule has 4 rings (SSSR count). The fourth-order valence-electron chi connectivity index (χ4n) is 3.63. The second-order valence-corrected chi connectivity index (χ2v) is 9.16. The molecular weight excluding hydrogens is 436 g/mol. The number of thiophene rings is 1. The molecule has 0 aliphatic carbocycles. The molecule has 1 aliphatic rings. The summed E-state index contributed by atoms with van der Waals surface area (Å²) in [6, 6.07) is 14.7. The molecule has 1 fully saturated rings. The Bertz CT molecular complexity index is 1160. The smallest absolute Gasteiger partial charge is 0.261 e. The first kappa shape index (κ1) is 21.3. The molecule has 9 heteroatoms. The second kappa shape index (κ2) is 9.05. The van der Waals surface area contributed by atoms with Crippen molar-refractivity contribution in [2.45, 2.75) is 12.1 Å². The van der Waals surface area contributed by atoms with Gasteiger partial charge in [0.25, 0.3) is 17.4 Å². The maximum atomic E-state index is 12.8. The van der Waals surface area contributed by atoms with Gasteiger partial charge in [-0.2, -0.15) is 0 Å². The molecule has 0 spiro atoms. The van der Waals surface area contributed by atoms with Gasteiger partial charge in [-0.15, -0.1) is 11.3 Å². The maximum Gasteiger partial charge on any atom is 0.261 e. The van der Waals surface area contributed by atoms with Crippen LogP contribution in [-0.4, -0.2) is 53.5 Å². The Kier molecular flexibility index (Phi) is 6.22. The second-order valence-electron chi connectivity index (χ2n) is 7.44. The highest BCUT2D eigenvalue weighted by Crippen LogP contribution is 2.22. The molecule has 1 aromatic carbocycles. The Labute approximate surface area is 188 Å². The van der Waals surface area contributed by atoms with Crippen LogP contribution >= 0.6 is 22.9 Å². The van der Waals surface area contributed by atoms with Crippen LogP contribution in [-0.2, 0) is 0 Å². The molecule has 0 radical (unpaired) electrons. The van der Waals surface area contributed by atoms with E-state index in [0.717, 1.165) is 0 Å². The van der Waals surface area contributed by atoms with Gasteiger partial charge in [-0.25, -0.2) is 0 Å². The molecule has 0 unspecified atom stereocenters. The lowest BCUT2D eigenvalue weighted by Gasteiger charge is -2.21. The van der Waals surface area contributed by atoms with Gasteiger partial charge < -0.3 is 15.5 Å². The summed E-state index contributed by atoms with van der Waals surface area (Å²) in [5.41, 5.74) is 1.03. The van der Waals surface area contributed by atoms with E-state index in [9.17, 15) is 14.4 Å². The number of nitrogens with zero attached hydrogens (tertiary/aromatic N) is 2. The van der Waals surface area contributed by atoms with E-state index in [-0.39, 0.29) is 29.5 Å². The first-order valence-corrected chi connectivity index (χ1v) is 10.9. The predicted molar refractivity (Wildman–Crippen MR) is 121 cm³/mol. The lowest BCUT2D eigenvalue weighted by molar-refractivity contribution is 0.0898. The van der Waals surface area contributed by atoms with Crippen molar-refractivity contribution in [2.24, 2.45) is 0 Å². The number of rotatable bonds is 5. The van der Waals surface area contributed by atoms with E-state index in [2.05, 4.69) is 15.5 Å². The minimum Gasteiger partial charge on any atom is -0.346 e. The van der Waals surface area contributed by atoms with E-state index in [4.69, 9.17) is 11.6 Å². The quantitative estimate of drug-likeness (QED) is 0.617. The summed E-state index contributed by atoms with van der Waals surface area (Å²) in [6.45, 7) is 1.25. The summed E-state index contributed by atoms with van der Waals surface area (Å²) >= 11 is 7.14. The van der Waals surface area contributed by atoms with Gasteiger partial charge in [-0.1, -0.05) is 17.7 Å². The van der Waals surface area contributed by atoms with Gasteiger partial charge in [0.1, 0.15) is 0 Å². The van der Waals surface area contributed by atoms with Crippen molar-refractivity contribution >= 4 is 34.8 Å². The number of pyridine rings is 1. The summed E-state index contributed by atoms with van der Waals surface area (Å²) in [5, 5.41) is 6.02. The Morgan fingerprint density at radius 1 is 0.968 bits per heavy atom. The van der Waals surface area contributed by atoms with E-state index < -0.39 is 0 Å². The number of amides is 2. The van der Waals surface area contributed by atoms with E-state index in [1.54, 1.807) is 54.7 Å². The summed E-state index contributed by atoms with van der Waals surface area (Å²) in [4.78, 5) is 39.9. The van der Waals surface area contributed by atoms with Gasteiger partial charge in [-0.3, -0.25) is 19.0 Å². The van der Waals surface area contributed by atoms with Crippen LogP contribution in [0, 0.1) is 0 Å². The molecule has 1 aliphatic heterocycles. The van der Waals surface area contributed by atoms with Gasteiger partial charge in [0.15, 0.2) is 0 Å². The number of likely N-dealkylation sites (N-methyl/N-ethyl adjacent to an activating group) is 1. The van der Waals surface area contributed by atoms with Crippen molar-refractivity contribution in [3.05, 3.63) is 85.9 Å². The van der Waals surface area contributed by atoms with Crippen LogP contribution in [0.4, 0.5) is 0 Å². The number of carbonyl (C=O) groups is 2. The SMILES string of the molecule is CN1C[C@H](NC(=O)c2ccc(-n3ccccc3=O)cc2)[C@H](NC(=O)c2ccc(Cl)s2)C1. The summed E-state index contributed by atoms with van der Waals surface area (Å²) in [6.07, 6.45) is 1.68. The highest BCUT2D eigenvalue weighted by molar-refractivity contribution is 7.18. The van der Waals surface area contributed by atoms with Gasteiger partial charge in [0.2, 0.25) is 0 Å². The molecular formula is C22H21ClN4O3S. The monoisotopic (exact) mass is 456 g/mol. The van der Waals surface area contributed by atoms with Crippen molar-refractivity contribution in [1.82, 2.24) is 20.1 Å². The highest BCUT2D eigenvalue weighted by Gasteiger charge is 2.33. The van der Waals surface area contributed by atoms with E-state index in [1.807, 2.05) is 7.05 Å². The van der Waals surface area contributed by atoms with Crippen molar-refractivity contribution < 1.29 is 9.59 Å². The minimum atomic E-state index is -0.231. The van der Waals surface area contributed by atoms with Crippen LogP contribution in [0.2, 0.25) is 4.34 Å². The molecule has 7 nitrogen and oxygen atoms in total. The molecule has 2 atom stereocenters. The van der Waals surface area contributed by atoms with E-state index in [1.165, 1.54) is 22.0 Å². The molecule has 0 saturated carbocycles. The molecule has 2 amide bonds. The molecule has 0 bridgehead atoms. The van der Waals surface area contributed by atoms with Gasteiger partial charge in [-0.05, 0) is 49.5 Å². The normalized spacial score (nSPS) is 18.6. The van der Waals surface area contributed by atoms with Crippen LogP contribution < -0.4 is 16.2 Å². The average molecular weight is 457 g/mol. The van der Waals surface area contributed by atoms with Crippen molar-refractivity contribution in [3.63, 3.8) is 0 Å². The first-order valence-electron chi connectivity index (χ1n) is 9.74. The van der Waals surface area contributed by atoms with E-state index >= 15 is 0 Å². The minimum absolute atomic E-state index is 0.140. The van der Waals surface area contributed by atoms with Gasteiger partial charge >= 0.3 is 0 Å². The topological polar surface area (TPSA) is 83.4 Å². The number of hydrogen-bond donors (Lipinski definition) is 2. The Morgan fingerprint density at radius 3 is 2.26 bits per heavy atom. The van der Waals surface area contributed by atoms with Crippen LogP contribution in [0.1, 0.15) is 20.0 Å². The summed E-state index contributed by atoms with van der Waals surface area (Å²) in [5.74, 6) is -0.431. The van der Waals surface area contributed by atoms with Crippen molar-refractivity contribution in [1.29, 1.82) is 0 Å². The van der Waals surface area contributed by atoms with Gasteiger partial charge in [0.05, 0.1) is 21.3 Å². The number of benzene rings is 1. The summed E-state index contributed by atoms with van der Waals surface area (Å²) < 4.78 is 2.07. The fraction of sp³-hybridized carbons (Fsp3) is 0.227. The third-order valence-corrected chi connectivity index (χ3v) is 6.39. The molecule has 2 N–H and O–H groups in total. The standard InChI is InChI=1S/C22H21ClN4O3S/c1-26-12-16(17(13-26)25-22(30)18-9-10-19(23)31-18)24-21(29)14-5-7-15(8-6-14)27-11-3-2-4-20(27)28/h2-11,16-17H,12-13H2,1H3,(H,24,29)(H,25,30)/t16-,17+/m0/s1. The van der Waals surface area contributed by atoms with Crippen LogP contribution in [0.5, 0.6) is 0 Å². The van der Waals surface area contributed by atoms with E-state index in [0.29, 0.717) is 33.6 Å². The van der Waals surface area contributed by atoms with Crippen molar-refractivity contribution in [2.75, 3.05) is 20.1 Å². The molecule has 3 heterocycles. The number of hydrogen-bond acceptors (Lipinski definition) is 5. The molecule has 160 valence electrons. The zero-order chi connectivity index (χ0) is 22.0. The lowest BCUT2D eigenvalue weighted by atomic mass is 10.1. The van der Waals surface area contributed by atoms with Crippen LogP contribution in [0.3, 0.4) is 0 Å². The first-order chi connectivity index (χ1) is 14.9. The molecule has 31 heavy (non-hydrogen) atoms. The van der Waals surface area contributed by atoms with Crippen LogP contribution in [0.25, 0.3) is 5.69 Å². The molecule has 2 aromatic heterocycles. The third-order valence-electron chi connectivity index (χ3n) is 5.16. The summed E-state index contributed by atoms with van der Waals surface area (Å²) in [7, 11) is 1.94. The Morgan fingerprint density at radius 2 is 1.65 bits per heavy atom. The number of halogens is 1. The van der Waals surface area contributed by atoms with Gasteiger partial charge in [0, 0.05) is 36.6 Å². The highest BCUT2D eigenvalue weighted by atomic mass is 35.5. The van der Waals surface area contributed by atoms with Crippen molar-refractivity contribution in [3.8, 4) is 5.69 Å². The number of carbonyl (C=O) groups excluding carboxylic acids is 2. The largest absolute Gasteiger partial charge is 0.346 e. The maximum absolute atomic E-state index is 12.8. The number of aromatic nitrogens is 1. The number of nitrogens with one attached hydrogen (secondary N) is 2. The Balaban J connectivity index is 1.43. The van der Waals surface area contributed by atoms with Crippen LogP contribution in [0.15, 0.2) is 65.6 Å². The third kappa shape index (κ3) is 4.87. The Hall–Kier alpha value is -2.94. The fourth-order valence-corrected chi connectivity index (χ4v) is 4.58. The zero-order valence-corrected chi connectivity index (χ0v) is 18.3.